The predicted molar refractivity (Wildman–Crippen MR) is 97.3 cm³/mol. The van der Waals surface area contributed by atoms with E-state index in [-0.39, 0.29) is 5.97 Å². The summed E-state index contributed by atoms with van der Waals surface area (Å²) in [5.74, 6) is 1.91. The Balaban J connectivity index is 1.99. The molecule has 3 rings (SSSR count). The molecule has 0 aliphatic rings. The van der Waals surface area contributed by atoms with Crippen molar-refractivity contribution in [3.63, 3.8) is 0 Å². The minimum absolute atomic E-state index is 0.320. The summed E-state index contributed by atoms with van der Waals surface area (Å²) < 4.78 is 21.7. The summed E-state index contributed by atoms with van der Waals surface area (Å²) in [6.07, 6.45) is 1.65. The highest BCUT2D eigenvalue weighted by Gasteiger charge is 2.12. The number of rotatable bonds is 6. The molecule has 6 nitrogen and oxygen atoms in total. The average Bonchev–Trinajstić information content (AvgIpc) is 2.67. The van der Waals surface area contributed by atoms with Crippen LogP contribution >= 0.6 is 0 Å². The van der Waals surface area contributed by atoms with Crippen molar-refractivity contribution in [3.05, 3.63) is 54.2 Å². The molecule has 0 spiro atoms. The van der Waals surface area contributed by atoms with Crippen molar-refractivity contribution in [3.8, 4) is 23.0 Å². The maximum atomic E-state index is 11.9. The molecule has 1 aromatic heterocycles. The van der Waals surface area contributed by atoms with Gasteiger partial charge >= 0.3 is 5.97 Å². The van der Waals surface area contributed by atoms with Gasteiger partial charge in [-0.3, -0.25) is 4.98 Å². The second-order valence-electron chi connectivity index (χ2n) is 5.38. The molecule has 0 aliphatic carbocycles. The Morgan fingerprint density at radius 1 is 1.00 bits per heavy atom. The fourth-order valence-electron chi connectivity index (χ4n) is 2.56. The molecule has 0 aliphatic heterocycles. The minimum Gasteiger partial charge on any atom is -0.493 e. The van der Waals surface area contributed by atoms with Crippen molar-refractivity contribution in [2.24, 2.45) is 0 Å². The third kappa shape index (κ3) is 3.54. The van der Waals surface area contributed by atoms with E-state index in [1.54, 1.807) is 63.7 Å². The Kier molecular flexibility index (Phi) is 5.22. The fourth-order valence-corrected chi connectivity index (χ4v) is 2.56. The molecule has 0 saturated heterocycles. The van der Waals surface area contributed by atoms with Gasteiger partial charge in [0.2, 0.25) is 0 Å². The predicted octanol–water partition coefficient (Wildman–Crippen LogP) is 4.22. The topological polar surface area (TPSA) is 66.9 Å². The Labute approximate surface area is 151 Å². The second-order valence-corrected chi connectivity index (χ2v) is 5.38. The summed E-state index contributed by atoms with van der Waals surface area (Å²) in [5.41, 5.74) is 1.14. The van der Waals surface area contributed by atoms with Gasteiger partial charge in [-0.1, -0.05) is 6.07 Å². The Morgan fingerprint density at radius 2 is 1.77 bits per heavy atom. The van der Waals surface area contributed by atoms with E-state index in [1.165, 1.54) is 0 Å². The lowest BCUT2D eigenvalue weighted by Gasteiger charge is -2.12. The van der Waals surface area contributed by atoms with Crippen LogP contribution < -0.4 is 14.2 Å². The molecule has 0 radical (unpaired) electrons. The van der Waals surface area contributed by atoms with E-state index in [4.69, 9.17) is 18.9 Å². The van der Waals surface area contributed by atoms with Gasteiger partial charge in [0.25, 0.3) is 0 Å². The summed E-state index contributed by atoms with van der Waals surface area (Å²) in [5, 5.41) is 0.770. The van der Waals surface area contributed by atoms with E-state index in [1.807, 2.05) is 6.07 Å². The summed E-state index contributed by atoms with van der Waals surface area (Å²) in [6, 6.07) is 12.2. The van der Waals surface area contributed by atoms with Gasteiger partial charge in [0, 0.05) is 17.6 Å². The lowest BCUT2D eigenvalue weighted by atomic mass is 10.1. The summed E-state index contributed by atoms with van der Waals surface area (Å²) in [7, 11) is 3.15. The summed E-state index contributed by atoms with van der Waals surface area (Å²) in [6.45, 7) is 2.09. The molecule has 0 saturated carbocycles. The Morgan fingerprint density at radius 3 is 2.50 bits per heavy atom. The smallest absolute Gasteiger partial charge is 0.338 e. The van der Waals surface area contributed by atoms with Crippen LogP contribution in [0.2, 0.25) is 0 Å². The van der Waals surface area contributed by atoms with E-state index >= 15 is 0 Å². The van der Waals surface area contributed by atoms with E-state index in [0.717, 1.165) is 5.39 Å². The third-order valence-electron chi connectivity index (χ3n) is 3.78. The van der Waals surface area contributed by atoms with Gasteiger partial charge in [0.1, 0.15) is 11.5 Å². The molecular weight excluding hydrogens is 334 g/mol. The van der Waals surface area contributed by atoms with E-state index < -0.39 is 0 Å². The quantitative estimate of drug-likeness (QED) is 0.618. The number of esters is 1. The van der Waals surface area contributed by atoms with Crippen LogP contribution in [-0.4, -0.2) is 31.8 Å². The van der Waals surface area contributed by atoms with E-state index in [2.05, 4.69) is 4.98 Å². The molecule has 0 atom stereocenters. The molecule has 0 amide bonds. The van der Waals surface area contributed by atoms with Crippen molar-refractivity contribution in [1.82, 2.24) is 4.98 Å². The lowest BCUT2D eigenvalue weighted by molar-refractivity contribution is 0.0526. The average molecular weight is 353 g/mol. The Hall–Kier alpha value is -3.28. The molecule has 134 valence electrons. The van der Waals surface area contributed by atoms with E-state index in [9.17, 15) is 4.79 Å². The first-order chi connectivity index (χ1) is 12.7. The van der Waals surface area contributed by atoms with Crippen molar-refractivity contribution in [2.75, 3.05) is 20.8 Å². The van der Waals surface area contributed by atoms with Crippen LogP contribution in [0.25, 0.3) is 10.9 Å². The number of hydrogen-bond acceptors (Lipinski definition) is 6. The number of methoxy groups -OCH3 is 2. The molecule has 26 heavy (non-hydrogen) atoms. The molecule has 1 heterocycles. The number of fused-ring (bicyclic) bond motifs is 1. The SMILES string of the molecule is CCOC(=O)c1cccc(Oc2ccnc3cc(OC)c(OC)cc23)c1. The molecule has 0 fully saturated rings. The first kappa shape index (κ1) is 17.5. The molecule has 2 aromatic carbocycles. The van der Waals surface area contributed by atoms with Crippen LogP contribution in [-0.2, 0) is 4.74 Å². The van der Waals surface area contributed by atoms with Crippen LogP contribution in [0, 0.1) is 0 Å². The maximum Gasteiger partial charge on any atom is 0.338 e. The largest absolute Gasteiger partial charge is 0.493 e. The van der Waals surface area contributed by atoms with Gasteiger partial charge in [0.15, 0.2) is 11.5 Å². The number of benzene rings is 2. The standard InChI is InChI=1S/C20H19NO5/c1-4-25-20(22)13-6-5-7-14(10-13)26-17-8-9-21-16-12-19(24-3)18(23-2)11-15(16)17/h5-12H,4H2,1-3H3. The maximum absolute atomic E-state index is 11.9. The van der Waals surface area contributed by atoms with Crippen LogP contribution in [0.3, 0.4) is 0 Å². The van der Waals surface area contributed by atoms with Crippen LogP contribution in [0.5, 0.6) is 23.0 Å². The normalized spacial score (nSPS) is 10.4. The minimum atomic E-state index is -0.385. The van der Waals surface area contributed by atoms with Crippen molar-refractivity contribution in [1.29, 1.82) is 0 Å². The number of aromatic nitrogens is 1. The van der Waals surface area contributed by atoms with Gasteiger partial charge in [-0.25, -0.2) is 4.79 Å². The zero-order chi connectivity index (χ0) is 18.5. The number of pyridine rings is 1. The number of carbonyl (C=O) groups is 1. The Bertz CT molecular complexity index is 939. The van der Waals surface area contributed by atoms with E-state index in [0.29, 0.717) is 40.7 Å². The first-order valence-corrected chi connectivity index (χ1v) is 8.12. The number of ether oxygens (including phenoxy) is 4. The van der Waals surface area contributed by atoms with Gasteiger partial charge in [-0.15, -0.1) is 0 Å². The zero-order valence-corrected chi connectivity index (χ0v) is 14.8. The molecular formula is C20H19NO5. The van der Waals surface area contributed by atoms with Gasteiger partial charge in [-0.2, -0.15) is 0 Å². The summed E-state index contributed by atoms with van der Waals surface area (Å²) >= 11 is 0. The van der Waals surface area contributed by atoms with Gasteiger partial charge in [-0.05, 0) is 37.3 Å². The fraction of sp³-hybridized carbons (Fsp3) is 0.200. The zero-order valence-electron chi connectivity index (χ0n) is 14.8. The van der Waals surface area contributed by atoms with Crippen molar-refractivity contribution < 1.29 is 23.7 Å². The van der Waals surface area contributed by atoms with Crippen LogP contribution in [0.1, 0.15) is 17.3 Å². The monoisotopic (exact) mass is 353 g/mol. The highest BCUT2D eigenvalue weighted by molar-refractivity contribution is 5.90. The molecule has 0 unspecified atom stereocenters. The van der Waals surface area contributed by atoms with Gasteiger partial charge < -0.3 is 18.9 Å². The number of hydrogen-bond donors (Lipinski definition) is 0. The second kappa shape index (κ2) is 7.74. The molecule has 0 N–H and O–H groups in total. The molecule has 6 heteroatoms. The third-order valence-corrected chi connectivity index (χ3v) is 3.78. The van der Waals surface area contributed by atoms with Gasteiger partial charge in [0.05, 0.1) is 31.9 Å². The van der Waals surface area contributed by atoms with Crippen LogP contribution in [0.4, 0.5) is 0 Å². The number of nitrogens with zero attached hydrogens (tertiary/aromatic N) is 1. The molecule has 3 aromatic rings. The van der Waals surface area contributed by atoms with Crippen molar-refractivity contribution in [2.45, 2.75) is 6.92 Å². The lowest BCUT2D eigenvalue weighted by Crippen LogP contribution is -2.04. The molecule has 0 bridgehead atoms. The number of carbonyl (C=O) groups excluding carboxylic acids is 1. The first-order valence-electron chi connectivity index (χ1n) is 8.12. The highest BCUT2D eigenvalue weighted by Crippen LogP contribution is 2.36. The summed E-state index contributed by atoms with van der Waals surface area (Å²) in [4.78, 5) is 16.2. The van der Waals surface area contributed by atoms with Crippen molar-refractivity contribution >= 4 is 16.9 Å². The highest BCUT2D eigenvalue weighted by atomic mass is 16.5. The van der Waals surface area contributed by atoms with Crippen LogP contribution in [0.15, 0.2) is 48.7 Å².